The van der Waals surface area contributed by atoms with E-state index in [1.165, 1.54) is 19.4 Å². The molecule has 0 heterocycles. The normalized spacial score (nSPS) is 14.1. The fourth-order valence-electron chi connectivity index (χ4n) is 1.57. The van der Waals surface area contributed by atoms with E-state index in [9.17, 15) is 0 Å². The summed E-state index contributed by atoms with van der Waals surface area (Å²) in [5, 5.41) is 3.64. The van der Waals surface area contributed by atoms with E-state index in [2.05, 4.69) is 57.0 Å². The SMILES string of the molecule is CCC(CCN(C)C)NCCN(C)C(C)C. The van der Waals surface area contributed by atoms with Crippen molar-refractivity contribution in [3.8, 4) is 0 Å². The summed E-state index contributed by atoms with van der Waals surface area (Å²) in [6, 6.07) is 1.31. The minimum Gasteiger partial charge on any atom is -0.313 e. The fourth-order valence-corrected chi connectivity index (χ4v) is 1.57. The van der Waals surface area contributed by atoms with Crippen molar-refractivity contribution in [1.82, 2.24) is 15.1 Å². The van der Waals surface area contributed by atoms with Crippen LogP contribution in [0.1, 0.15) is 33.6 Å². The van der Waals surface area contributed by atoms with Gasteiger partial charge in [0.1, 0.15) is 0 Å². The van der Waals surface area contributed by atoms with Crippen LogP contribution < -0.4 is 5.32 Å². The van der Waals surface area contributed by atoms with Gasteiger partial charge >= 0.3 is 0 Å². The lowest BCUT2D eigenvalue weighted by Crippen LogP contribution is -2.39. The van der Waals surface area contributed by atoms with Crippen molar-refractivity contribution in [3.05, 3.63) is 0 Å². The van der Waals surface area contributed by atoms with Crippen LogP contribution in [0.5, 0.6) is 0 Å². The molecule has 0 rings (SSSR count). The third-order valence-electron chi connectivity index (χ3n) is 3.20. The van der Waals surface area contributed by atoms with Gasteiger partial charge in [0.2, 0.25) is 0 Å². The second-order valence-corrected chi connectivity index (χ2v) is 5.23. The summed E-state index contributed by atoms with van der Waals surface area (Å²) in [6.45, 7) is 10.1. The molecule has 1 N–H and O–H groups in total. The van der Waals surface area contributed by atoms with Gasteiger partial charge in [0.25, 0.3) is 0 Å². The molecule has 0 aromatic rings. The zero-order valence-corrected chi connectivity index (χ0v) is 12.1. The molecule has 1 unspecified atom stereocenters. The Labute approximate surface area is 102 Å². The molecule has 0 aliphatic rings. The molecule has 0 saturated carbocycles. The molecule has 3 nitrogen and oxygen atoms in total. The Morgan fingerprint density at radius 2 is 1.69 bits per heavy atom. The molecule has 0 amide bonds. The van der Waals surface area contributed by atoms with Gasteiger partial charge in [0, 0.05) is 25.2 Å². The van der Waals surface area contributed by atoms with Gasteiger partial charge in [-0.15, -0.1) is 0 Å². The first-order valence-corrected chi connectivity index (χ1v) is 6.55. The second-order valence-electron chi connectivity index (χ2n) is 5.23. The summed E-state index contributed by atoms with van der Waals surface area (Å²) < 4.78 is 0. The van der Waals surface area contributed by atoms with Crippen molar-refractivity contribution in [3.63, 3.8) is 0 Å². The van der Waals surface area contributed by atoms with E-state index in [1.54, 1.807) is 0 Å². The zero-order chi connectivity index (χ0) is 12.6. The van der Waals surface area contributed by atoms with E-state index in [1.807, 2.05) is 0 Å². The molecule has 1 atom stereocenters. The van der Waals surface area contributed by atoms with Gasteiger partial charge in [-0.25, -0.2) is 0 Å². The van der Waals surface area contributed by atoms with Crippen molar-refractivity contribution in [2.45, 2.75) is 45.7 Å². The Balaban J connectivity index is 3.62. The molecule has 98 valence electrons. The van der Waals surface area contributed by atoms with Crippen LogP contribution in [0.4, 0.5) is 0 Å². The van der Waals surface area contributed by atoms with Gasteiger partial charge in [-0.2, -0.15) is 0 Å². The van der Waals surface area contributed by atoms with Crippen molar-refractivity contribution in [2.75, 3.05) is 40.8 Å². The molecule has 0 spiro atoms. The summed E-state index contributed by atoms with van der Waals surface area (Å²) in [4.78, 5) is 4.64. The molecule has 0 fully saturated rings. The maximum absolute atomic E-state index is 3.64. The predicted molar refractivity (Wildman–Crippen MR) is 73.0 cm³/mol. The Bertz CT molecular complexity index is 157. The number of hydrogen-bond donors (Lipinski definition) is 1. The molecular weight excluding hydrogens is 198 g/mol. The third-order valence-corrected chi connectivity index (χ3v) is 3.20. The monoisotopic (exact) mass is 229 g/mol. The minimum absolute atomic E-state index is 0.642. The van der Waals surface area contributed by atoms with Crippen LogP contribution >= 0.6 is 0 Å². The quantitative estimate of drug-likeness (QED) is 0.648. The van der Waals surface area contributed by atoms with E-state index in [4.69, 9.17) is 0 Å². The van der Waals surface area contributed by atoms with Gasteiger partial charge in [0.05, 0.1) is 0 Å². The van der Waals surface area contributed by atoms with Gasteiger partial charge in [0.15, 0.2) is 0 Å². The van der Waals surface area contributed by atoms with Gasteiger partial charge in [-0.1, -0.05) is 6.92 Å². The Hall–Kier alpha value is -0.120. The first kappa shape index (κ1) is 15.9. The summed E-state index contributed by atoms with van der Waals surface area (Å²) in [6.07, 6.45) is 2.47. The summed E-state index contributed by atoms with van der Waals surface area (Å²) >= 11 is 0. The Morgan fingerprint density at radius 3 is 2.12 bits per heavy atom. The largest absolute Gasteiger partial charge is 0.313 e. The maximum atomic E-state index is 3.64. The first-order chi connectivity index (χ1) is 7.47. The van der Waals surface area contributed by atoms with Crippen LogP contribution in [-0.4, -0.2) is 62.7 Å². The highest BCUT2D eigenvalue weighted by Crippen LogP contribution is 1.99. The molecule has 0 aromatic carbocycles. The van der Waals surface area contributed by atoms with E-state index in [0.29, 0.717) is 12.1 Å². The lowest BCUT2D eigenvalue weighted by atomic mass is 10.1. The topological polar surface area (TPSA) is 18.5 Å². The molecule has 0 aliphatic heterocycles. The van der Waals surface area contributed by atoms with Crippen molar-refractivity contribution in [1.29, 1.82) is 0 Å². The average Bonchev–Trinajstić information content (AvgIpc) is 2.22. The van der Waals surface area contributed by atoms with Crippen LogP contribution in [0.3, 0.4) is 0 Å². The molecule has 0 radical (unpaired) electrons. The average molecular weight is 229 g/mol. The zero-order valence-electron chi connectivity index (χ0n) is 12.1. The van der Waals surface area contributed by atoms with Crippen LogP contribution in [0.2, 0.25) is 0 Å². The molecule has 0 saturated heterocycles. The van der Waals surface area contributed by atoms with E-state index in [0.717, 1.165) is 13.1 Å². The fraction of sp³-hybridized carbons (Fsp3) is 1.00. The van der Waals surface area contributed by atoms with Crippen LogP contribution in [0.25, 0.3) is 0 Å². The Morgan fingerprint density at radius 1 is 1.06 bits per heavy atom. The molecule has 0 aromatic heterocycles. The van der Waals surface area contributed by atoms with E-state index in [-0.39, 0.29) is 0 Å². The summed E-state index contributed by atoms with van der Waals surface area (Å²) in [7, 11) is 6.46. The number of nitrogens with one attached hydrogen (secondary N) is 1. The lowest BCUT2D eigenvalue weighted by Gasteiger charge is -2.24. The van der Waals surface area contributed by atoms with Gasteiger partial charge < -0.3 is 15.1 Å². The molecule has 3 heteroatoms. The number of hydrogen-bond acceptors (Lipinski definition) is 3. The van der Waals surface area contributed by atoms with Crippen molar-refractivity contribution >= 4 is 0 Å². The lowest BCUT2D eigenvalue weighted by molar-refractivity contribution is 0.264. The summed E-state index contributed by atoms with van der Waals surface area (Å²) in [5.41, 5.74) is 0. The number of nitrogens with zero attached hydrogens (tertiary/aromatic N) is 2. The minimum atomic E-state index is 0.642. The van der Waals surface area contributed by atoms with Crippen LogP contribution in [0, 0.1) is 0 Å². The van der Waals surface area contributed by atoms with Crippen LogP contribution in [0.15, 0.2) is 0 Å². The maximum Gasteiger partial charge on any atom is 0.0107 e. The van der Waals surface area contributed by atoms with Crippen molar-refractivity contribution < 1.29 is 0 Å². The second kappa shape index (κ2) is 8.97. The molecular formula is C13H31N3. The highest BCUT2D eigenvalue weighted by atomic mass is 15.1. The molecule has 0 aliphatic carbocycles. The smallest absolute Gasteiger partial charge is 0.0107 e. The molecule has 16 heavy (non-hydrogen) atoms. The highest BCUT2D eigenvalue weighted by Gasteiger charge is 2.07. The van der Waals surface area contributed by atoms with Crippen molar-refractivity contribution in [2.24, 2.45) is 0 Å². The standard InChI is InChI=1S/C13H31N3/c1-7-13(8-10-15(4)5)14-9-11-16(6)12(2)3/h12-14H,7-11H2,1-6H3. The van der Waals surface area contributed by atoms with Gasteiger partial charge in [-0.3, -0.25) is 0 Å². The highest BCUT2D eigenvalue weighted by molar-refractivity contribution is 4.68. The van der Waals surface area contributed by atoms with E-state index >= 15 is 0 Å². The summed E-state index contributed by atoms with van der Waals surface area (Å²) in [5.74, 6) is 0. The Kier molecular flexibility index (Phi) is 8.90. The predicted octanol–water partition coefficient (Wildman–Crippen LogP) is 1.65. The van der Waals surface area contributed by atoms with Gasteiger partial charge in [-0.05, 0) is 54.4 Å². The first-order valence-electron chi connectivity index (χ1n) is 6.55. The molecule has 0 bridgehead atoms. The van der Waals surface area contributed by atoms with E-state index < -0.39 is 0 Å². The number of rotatable bonds is 9. The number of likely N-dealkylation sites (N-methyl/N-ethyl adjacent to an activating group) is 1. The van der Waals surface area contributed by atoms with Crippen LogP contribution in [-0.2, 0) is 0 Å². The third kappa shape index (κ3) is 8.08.